The van der Waals surface area contributed by atoms with E-state index in [2.05, 4.69) is 0 Å². The Morgan fingerprint density at radius 3 is 2.21 bits per heavy atom. The van der Waals surface area contributed by atoms with Crippen LogP contribution in [0.5, 0.6) is 0 Å². The Morgan fingerprint density at radius 1 is 1.07 bits per heavy atom. The summed E-state index contributed by atoms with van der Waals surface area (Å²) in [5.74, 6) is -0.306. The summed E-state index contributed by atoms with van der Waals surface area (Å²) in [6.07, 6.45) is -3.06. The quantitative estimate of drug-likeness (QED) is 0.657. The summed E-state index contributed by atoms with van der Waals surface area (Å²) in [6.45, 7) is 0.566. The van der Waals surface area contributed by atoms with Crippen LogP contribution < -0.4 is 5.73 Å². The molecule has 84 valence electrons. The van der Waals surface area contributed by atoms with Gasteiger partial charge in [0.05, 0.1) is 6.42 Å². The van der Waals surface area contributed by atoms with Gasteiger partial charge in [0, 0.05) is 12.8 Å². The fourth-order valence-corrected chi connectivity index (χ4v) is 1.05. The number of hydrogen-bond acceptors (Lipinski definition) is 2. The molecule has 0 aliphatic carbocycles. The molecule has 0 spiro atoms. The molecule has 0 saturated carbocycles. The minimum atomic E-state index is -4.22. The van der Waals surface area contributed by atoms with Crippen LogP contribution in [0.1, 0.15) is 38.5 Å². The fraction of sp³-hybridized carbons (Fsp3) is 0.889. The van der Waals surface area contributed by atoms with Crippen molar-refractivity contribution in [3.8, 4) is 0 Å². The summed E-state index contributed by atoms with van der Waals surface area (Å²) >= 11 is 0. The molecule has 5 heteroatoms. The standard InChI is InChI=1S/C9H16F3NO/c10-9(11,12)6-5-8(14)4-2-1-3-7-13/h1-7,13H2. The van der Waals surface area contributed by atoms with Crippen LogP contribution in [0.25, 0.3) is 0 Å². The van der Waals surface area contributed by atoms with Gasteiger partial charge >= 0.3 is 6.18 Å². The Hall–Kier alpha value is -0.580. The molecule has 0 bridgehead atoms. The van der Waals surface area contributed by atoms with E-state index >= 15 is 0 Å². The van der Waals surface area contributed by atoms with E-state index < -0.39 is 12.6 Å². The zero-order valence-electron chi connectivity index (χ0n) is 8.07. The van der Waals surface area contributed by atoms with Crippen LogP contribution in [-0.2, 0) is 4.79 Å². The van der Waals surface area contributed by atoms with E-state index in [4.69, 9.17) is 5.73 Å². The average molecular weight is 211 g/mol. The number of Topliss-reactive ketones (excluding diaryl/α,β-unsaturated/α-hetero) is 1. The molecule has 0 unspecified atom stereocenters. The highest BCUT2D eigenvalue weighted by Crippen LogP contribution is 2.21. The first-order valence-electron chi connectivity index (χ1n) is 4.74. The number of hydrogen-bond donors (Lipinski definition) is 1. The molecule has 0 saturated heterocycles. The van der Waals surface area contributed by atoms with Crippen molar-refractivity contribution < 1.29 is 18.0 Å². The number of nitrogens with two attached hydrogens (primary N) is 1. The molecular formula is C9H16F3NO. The van der Waals surface area contributed by atoms with Crippen molar-refractivity contribution in [1.82, 2.24) is 0 Å². The van der Waals surface area contributed by atoms with Crippen LogP contribution in [-0.4, -0.2) is 18.5 Å². The van der Waals surface area contributed by atoms with Gasteiger partial charge in [-0.25, -0.2) is 0 Å². The van der Waals surface area contributed by atoms with Gasteiger partial charge in [0.15, 0.2) is 0 Å². The van der Waals surface area contributed by atoms with Gasteiger partial charge in [-0.3, -0.25) is 4.79 Å². The summed E-state index contributed by atoms with van der Waals surface area (Å²) in [5, 5.41) is 0. The number of carbonyl (C=O) groups excluding carboxylic acids is 1. The van der Waals surface area contributed by atoms with Gasteiger partial charge in [-0.15, -0.1) is 0 Å². The minimum Gasteiger partial charge on any atom is -0.330 e. The van der Waals surface area contributed by atoms with Gasteiger partial charge in [0.1, 0.15) is 5.78 Å². The SMILES string of the molecule is NCCCCCC(=O)CCC(F)(F)F. The summed E-state index contributed by atoms with van der Waals surface area (Å²) in [6, 6.07) is 0. The second-order valence-electron chi connectivity index (χ2n) is 3.25. The summed E-state index contributed by atoms with van der Waals surface area (Å²) in [7, 11) is 0. The molecule has 0 amide bonds. The van der Waals surface area contributed by atoms with Crippen LogP contribution in [0.15, 0.2) is 0 Å². The first-order chi connectivity index (χ1) is 6.45. The van der Waals surface area contributed by atoms with Gasteiger partial charge in [-0.2, -0.15) is 13.2 Å². The Balaban J connectivity index is 3.38. The maximum absolute atomic E-state index is 11.7. The Labute approximate surface area is 81.7 Å². The van der Waals surface area contributed by atoms with E-state index in [1.165, 1.54) is 0 Å². The van der Waals surface area contributed by atoms with Crippen molar-refractivity contribution in [1.29, 1.82) is 0 Å². The van der Waals surface area contributed by atoms with Crippen molar-refractivity contribution in [3.05, 3.63) is 0 Å². The summed E-state index contributed by atoms with van der Waals surface area (Å²) < 4.78 is 35.1. The van der Waals surface area contributed by atoms with Crippen molar-refractivity contribution in [2.75, 3.05) is 6.54 Å². The second kappa shape index (κ2) is 6.81. The average Bonchev–Trinajstić information content (AvgIpc) is 2.08. The van der Waals surface area contributed by atoms with Crippen LogP contribution in [0.2, 0.25) is 0 Å². The lowest BCUT2D eigenvalue weighted by Crippen LogP contribution is -2.10. The molecule has 0 aliphatic heterocycles. The number of carbonyl (C=O) groups is 1. The Bertz CT molecular complexity index is 168. The zero-order chi connectivity index (χ0) is 11.0. The van der Waals surface area contributed by atoms with E-state index in [1.54, 1.807) is 0 Å². The molecule has 2 nitrogen and oxygen atoms in total. The first kappa shape index (κ1) is 13.4. The number of alkyl halides is 3. The molecule has 0 aliphatic rings. The third-order valence-corrected chi connectivity index (χ3v) is 1.85. The highest BCUT2D eigenvalue weighted by atomic mass is 19.4. The highest BCUT2D eigenvalue weighted by Gasteiger charge is 2.27. The smallest absolute Gasteiger partial charge is 0.330 e. The number of rotatable bonds is 7. The molecule has 0 atom stereocenters. The van der Waals surface area contributed by atoms with Crippen LogP contribution >= 0.6 is 0 Å². The van der Waals surface area contributed by atoms with Gasteiger partial charge in [-0.05, 0) is 19.4 Å². The molecule has 0 rings (SSSR count). The van der Waals surface area contributed by atoms with Crippen molar-refractivity contribution in [2.45, 2.75) is 44.7 Å². The molecule has 0 aromatic heterocycles. The molecule has 0 aromatic carbocycles. The highest BCUT2D eigenvalue weighted by molar-refractivity contribution is 5.78. The normalized spacial score (nSPS) is 11.7. The lowest BCUT2D eigenvalue weighted by molar-refractivity contribution is -0.143. The van der Waals surface area contributed by atoms with E-state index in [0.717, 1.165) is 12.8 Å². The molecule has 0 heterocycles. The van der Waals surface area contributed by atoms with Crippen molar-refractivity contribution in [3.63, 3.8) is 0 Å². The second-order valence-corrected chi connectivity index (χ2v) is 3.25. The lowest BCUT2D eigenvalue weighted by atomic mass is 10.1. The Kier molecular flexibility index (Phi) is 6.53. The first-order valence-corrected chi connectivity index (χ1v) is 4.74. The van der Waals surface area contributed by atoms with Crippen LogP contribution in [0.4, 0.5) is 13.2 Å². The molecule has 0 aromatic rings. The third kappa shape index (κ3) is 9.51. The van der Waals surface area contributed by atoms with Crippen LogP contribution in [0.3, 0.4) is 0 Å². The predicted molar refractivity (Wildman–Crippen MR) is 47.8 cm³/mol. The number of halogens is 3. The third-order valence-electron chi connectivity index (χ3n) is 1.85. The van der Waals surface area contributed by atoms with Gasteiger partial charge < -0.3 is 5.73 Å². The maximum Gasteiger partial charge on any atom is 0.389 e. The minimum absolute atomic E-state index is 0.246. The molecule has 14 heavy (non-hydrogen) atoms. The Morgan fingerprint density at radius 2 is 1.71 bits per heavy atom. The fourth-order valence-electron chi connectivity index (χ4n) is 1.05. The van der Waals surface area contributed by atoms with E-state index in [9.17, 15) is 18.0 Å². The van der Waals surface area contributed by atoms with Gasteiger partial charge in [-0.1, -0.05) is 6.42 Å². The van der Waals surface area contributed by atoms with E-state index in [-0.39, 0.29) is 18.6 Å². The van der Waals surface area contributed by atoms with Crippen molar-refractivity contribution in [2.24, 2.45) is 5.73 Å². The van der Waals surface area contributed by atoms with Gasteiger partial charge in [0.25, 0.3) is 0 Å². The van der Waals surface area contributed by atoms with Gasteiger partial charge in [0.2, 0.25) is 0 Å². The maximum atomic E-state index is 11.7. The largest absolute Gasteiger partial charge is 0.389 e. The van der Waals surface area contributed by atoms with E-state index in [1.807, 2.05) is 0 Å². The molecule has 0 fully saturated rings. The number of unbranched alkanes of at least 4 members (excludes halogenated alkanes) is 2. The molecule has 0 radical (unpaired) electrons. The monoisotopic (exact) mass is 211 g/mol. The summed E-state index contributed by atoms with van der Waals surface area (Å²) in [5.41, 5.74) is 5.23. The molecular weight excluding hydrogens is 195 g/mol. The molecule has 2 N–H and O–H groups in total. The lowest BCUT2D eigenvalue weighted by Gasteiger charge is -2.04. The van der Waals surface area contributed by atoms with Crippen molar-refractivity contribution >= 4 is 5.78 Å². The zero-order valence-corrected chi connectivity index (χ0v) is 8.07. The topological polar surface area (TPSA) is 43.1 Å². The predicted octanol–water partition coefficient (Wildman–Crippen LogP) is 2.42. The number of ketones is 1. The van der Waals surface area contributed by atoms with E-state index in [0.29, 0.717) is 13.0 Å². The van der Waals surface area contributed by atoms with Crippen LogP contribution in [0, 0.1) is 0 Å². The summed E-state index contributed by atoms with van der Waals surface area (Å²) in [4.78, 5) is 10.9.